The average Bonchev–Trinajstić information content (AvgIpc) is 3.29. The highest BCUT2D eigenvalue weighted by atomic mass is 19.1. The zero-order valence-corrected chi connectivity index (χ0v) is 20.4. The van der Waals surface area contributed by atoms with Gasteiger partial charge in [0.25, 0.3) is 6.26 Å². The van der Waals surface area contributed by atoms with E-state index in [1.54, 1.807) is 6.20 Å². The fourth-order valence-corrected chi connectivity index (χ4v) is 5.59. The number of nitrogens with one attached hydrogen (secondary N) is 2. The van der Waals surface area contributed by atoms with Crippen molar-refractivity contribution in [1.82, 2.24) is 15.0 Å². The minimum absolute atomic E-state index is 0.262. The van der Waals surface area contributed by atoms with Crippen molar-refractivity contribution in [3.8, 4) is 17.6 Å². The van der Waals surface area contributed by atoms with Crippen molar-refractivity contribution in [2.75, 3.05) is 12.4 Å². The number of fused-ring (bicyclic) bond motifs is 5. The first-order valence-electron chi connectivity index (χ1n) is 12.2. The van der Waals surface area contributed by atoms with Crippen molar-refractivity contribution < 1.29 is 9.13 Å². The van der Waals surface area contributed by atoms with Crippen LogP contribution in [0.5, 0.6) is 0 Å². The number of aryl methyl sites for hydroxylation is 2. The number of ether oxygens (including phenoxy) is 1. The maximum absolute atomic E-state index is 14.1. The lowest BCUT2D eigenvalue weighted by molar-refractivity contribution is -0.000202. The number of aromatic nitrogens is 3. The minimum Gasteiger partial charge on any atom is -0.424 e. The van der Waals surface area contributed by atoms with E-state index in [-0.39, 0.29) is 11.9 Å². The van der Waals surface area contributed by atoms with Gasteiger partial charge in [0, 0.05) is 29.6 Å². The molecule has 7 rings (SSSR count). The quantitative estimate of drug-likeness (QED) is 0.327. The molecule has 0 spiro atoms. The second-order valence-corrected chi connectivity index (χ2v) is 9.80. The van der Waals surface area contributed by atoms with Crippen LogP contribution in [0, 0.1) is 43.0 Å². The molecule has 180 valence electrons. The first-order chi connectivity index (χ1) is 17.0. The summed E-state index contributed by atoms with van der Waals surface area (Å²) in [4.78, 5) is 12.3. The fourth-order valence-electron chi connectivity index (χ4n) is 5.59. The lowest BCUT2D eigenvalue weighted by atomic mass is 9.69. The molecule has 3 fully saturated rings. The molecule has 7 heteroatoms. The van der Waals surface area contributed by atoms with E-state index in [0.717, 1.165) is 51.1 Å². The Hall–Kier alpha value is -3.66. The van der Waals surface area contributed by atoms with Gasteiger partial charge in [-0.05, 0) is 93.2 Å². The minimum atomic E-state index is -0.262. The summed E-state index contributed by atoms with van der Waals surface area (Å²) in [5.41, 5.74) is 4.15. The van der Waals surface area contributed by atoms with E-state index in [2.05, 4.69) is 15.3 Å². The summed E-state index contributed by atoms with van der Waals surface area (Å²) in [6.07, 6.45) is 10.3. The summed E-state index contributed by atoms with van der Waals surface area (Å²) in [5.74, 6) is 2.63. The Morgan fingerprint density at radius 1 is 1.06 bits per heavy atom. The first-order valence-corrected chi connectivity index (χ1v) is 12.2. The molecular formula is C28H30FN5O. The van der Waals surface area contributed by atoms with E-state index in [9.17, 15) is 4.39 Å². The molecule has 2 aromatic carbocycles. The number of hydrogen-bond acceptors (Lipinski definition) is 5. The smallest absolute Gasteiger partial charge is 0.286 e. The highest BCUT2D eigenvalue weighted by Gasteiger charge is 2.36. The van der Waals surface area contributed by atoms with Gasteiger partial charge < -0.3 is 15.0 Å². The Morgan fingerprint density at radius 2 is 1.86 bits per heavy atom. The van der Waals surface area contributed by atoms with Gasteiger partial charge in [0.05, 0.1) is 11.0 Å². The molecule has 6 nitrogen and oxygen atoms in total. The van der Waals surface area contributed by atoms with Gasteiger partial charge in [-0.15, -0.1) is 0 Å². The molecule has 3 saturated carbocycles. The van der Waals surface area contributed by atoms with Gasteiger partial charge in [-0.3, -0.25) is 0 Å². The predicted octanol–water partition coefficient (Wildman–Crippen LogP) is 6.64. The summed E-state index contributed by atoms with van der Waals surface area (Å²) in [7, 11) is 1.84. The average molecular weight is 472 g/mol. The third kappa shape index (κ3) is 4.53. The van der Waals surface area contributed by atoms with Gasteiger partial charge in [0.1, 0.15) is 17.7 Å². The molecule has 2 N–H and O–H groups in total. The van der Waals surface area contributed by atoms with E-state index < -0.39 is 0 Å². The third-order valence-electron chi connectivity index (χ3n) is 7.40. The number of rotatable bonds is 3. The number of H-pyrrole nitrogens is 1. The molecule has 2 heterocycles. The fraction of sp³-hybridized carbons (Fsp3) is 0.393. The molecule has 0 radical (unpaired) electrons. The molecule has 3 aliphatic rings. The number of nitriles is 1. The van der Waals surface area contributed by atoms with Crippen molar-refractivity contribution in [2.24, 2.45) is 11.8 Å². The summed E-state index contributed by atoms with van der Waals surface area (Å²) >= 11 is 0. The zero-order chi connectivity index (χ0) is 24.5. The van der Waals surface area contributed by atoms with Gasteiger partial charge in [0.2, 0.25) is 0 Å². The van der Waals surface area contributed by atoms with Crippen LogP contribution in [0.2, 0.25) is 0 Å². The van der Waals surface area contributed by atoms with Gasteiger partial charge in [-0.1, -0.05) is 6.07 Å². The standard InChI is InChI=1S/C19H17FN4.C9H13NO/c1-10-4-5-12-16(8-10)23-19(24-18(12)21-3)14-9-22-17-13(14)6-11(2)7-15(17)20;10-6-11-9-5-7-1-3-8(9)4-2-7/h4-9,22H,1-3H3,(H,21,23,24);7-9H,1-5H2. The van der Waals surface area contributed by atoms with Crippen LogP contribution in [0.4, 0.5) is 10.2 Å². The lowest BCUT2D eigenvalue weighted by Gasteiger charge is -2.40. The normalized spacial score (nSPS) is 20.8. The molecule has 1 unspecified atom stereocenters. The highest BCUT2D eigenvalue weighted by Crippen LogP contribution is 2.42. The molecule has 0 saturated heterocycles. The molecule has 0 aliphatic heterocycles. The monoisotopic (exact) mass is 471 g/mol. The van der Waals surface area contributed by atoms with Crippen LogP contribution < -0.4 is 5.32 Å². The van der Waals surface area contributed by atoms with Crippen LogP contribution in [-0.2, 0) is 4.74 Å². The molecule has 0 amide bonds. The molecule has 3 aliphatic carbocycles. The van der Waals surface area contributed by atoms with Crippen molar-refractivity contribution in [3.63, 3.8) is 0 Å². The van der Waals surface area contributed by atoms with Crippen LogP contribution in [-0.4, -0.2) is 28.1 Å². The van der Waals surface area contributed by atoms with Crippen LogP contribution in [0.25, 0.3) is 33.2 Å². The van der Waals surface area contributed by atoms with Crippen molar-refractivity contribution in [1.29, 1.82) is 5.26 Å². The van der Waals surface area contributed by atoms with Gasteiger partial charge in [-0.25, -0.2) is 14.4 Å². The van der Waals surface area contributed by atoms with E-state index in [4.69, 9.17) is 15.0 Å². The Morgan fingerprint density at radius 3 is 2.54 bits per heavy atom. The van der Waals surface area contributed by atoms with E-state index in [1.807, 2.05) is 51.4 Å². The number of halogens is 1. The number of aromatic amines is 1. The van der Waals surface area contributed by atoms with Crippen LogP contribution in [0.3, 0.4) is 0 Å². The van der Waals surface area contributed by atoms with Crippen LogP contribution in [0.1, 0.15) is 43.2 Å². The first kappa shape index (κ1) is 23.1. The summed E-state index contributed by atoms with van der Waals surface area (Å²) < 4.78 is 19.2. The molecule has 35 heavy (non-hydrogen) atoms. The van der Waals surface area contributed by atoms with Crippen molar-refractivity contribution >= 4 is 27.6 Å². The second kappa shape index (κ2) is 9.53. The Bertz CT molecular complexity index is 1410. The molecule has 2 aromatic heterocycles. The lowest BCUT2D eigenvalue weighted by Crippen LogP contribution is -2.36. The predicted molar refractivity (Wildman–Crippen MR) is 136 cm³/mol. The molecule has 1 atom stereocenters. The third-order valence-corrected chi connectivity index (χ3v) is 7.40. The number of hydrogen-bond donors (Lipinski definition) is 2. The Labute approximate surface area is 204 Å². The highest BCUT2D eigenvalue weighted by molar-refractivity contribution is 5.97. The molecular weight excluding hydrogens is 441 g/mol. The van der Waals surface area contributed by atoms with Crippen molar-refractivity contribution in [2.45, 2.75) is 52.1 Å². The molecule has 4 aromatic rings. The van der Waals surface area contributed by atoms with E-state index in [1.165, 1.54) is 31.7 Å². The SMILES string of the molecule is CNc1nc(-c2c[nH]c3c(F)cc(C)cc23)nc2cc(C)ccc12.N#COC1CC2CCC1CC2. The summed E-state index contributed by atoms with van der Waals surface area (Å²) in [5, 5.41) is 13.3. The Balaban J connectivity index is 0.000000192. The maximum atomic E-state index is 14.1. The maximum Gasteiger partial charge on any atom is 0.286 e. The van der Waals surface area contributed by atoms with Crippen molar-refractivity contribution in [3.05, 3.63) is 53.5 Å². The van der Waals surface area contributed by atoms with Gasteiger partial charge in [-0.2, -0.15) is 5.26 Å². The Kier molecular flexibility index (Phi) is 6.29. The second-order valence-electron chi connectivity index (χ2n) is 9.80. The van der Waals surface area contributed by atoms with Gasteiger partial charge in [0.15, 0.2) is 5.82 Å². The summed E-state index contributed by atoms with van der Waals surface area (Å²) in [6.45, 7) is 3.91. The van der Waals surface area contributed by atoms with Gasteiger partial charge >= 0.3 is 0 Å². The largest absolute Gasteiger partial charge is 0.424 e. The number of nitrogens with zero attached hydrogens (tertiary/aromatic N) is 3. The van der Waals surface area contributed by atoms with Crippen LogP contribution >= 0.6 is 0 Å². The zero-order valence-electron chi connectivity index (χ0n) is 20.4. The molecule has 2 bridgehead atoms. The van der Waals surface area contributed by atoms with Crippen LogP contribution in [0.15, 0.2) is 36.5 Å². The topological polar surface area (TPSA) is 86.6 Å². The van der Waals surface area contributed by atoms with E-state index >= 15 is 0 Å². The summed E-state index contributed by atoms with van der Waals surface area (Å²) in [6, 6.07) is 9.55. The number of anilines is 1. The van der Waals surface area contributed by atoms with E-state index in [0.29, 0.717) is 17.3 Å². The number of benzene rings is 2.